The second-order valence-corrected chi connectivity index (χ2v) is 5.01. The highest BCUT2D eigenvalue weighted by Gasteiger charge is 2.30. The first kappa shape index (κ1) is 12.9. The minimum absolute atomic E-state index is 0.377. The van der Waals surface area contributed by atoms with Gasteiger partial charge in [0.25, 0.3) is 0 Å². The molecule has 102 valence electrons. The molecule has 0 unspecified atom stereocenters. The van der Waals surface area contributed by atoms with Crippen LogP contribution in [0, 0.1) is 0 Å². The minimum Gasteiger partial charge on any atom is -0.258 e. The quantitative estimate of drug-likeness (QED) is 0.769. The SMILES string of the molecule is FC(F)(F)c1ccc(-c2n[nH]c(-c3cccs3)n2)cc1. The third-order valence-corrected chi connectivity index (χ3v) is 3.59. The van der Waals surface area contributed by atoms with Gasteiger partial charge < -0.3 is 0 Å². The van der Waals surface area contributed by atoms with Crippen molar-refractivity contribution in [1.29, 1.82) is 0 Å². The van der Waals surface area contributed by atoms with Crippen LogP contribution in [0.1, 0.15) is 5.56 Å². The smallest absolute Gasteiger partial charge is 0.258 e. The van der Waals surface area contributed by atoms with E-state index in [9.17, 15) is 13.2 Å². The van der Waals surface area contributed by atoms with Gasteiger partial charge in [0.2, 0.25) is 0 Å². The van der Waals surface area contributed by atoms with Crippen molar-refractivity contribution in [2.75, 3.05) is 0 Å². The van der Waals surface area contributed by atoms with E-state index in [2.05, 4.69) is 15.2 Å². The maximum absolute atomic E-state index is 12.5. The number of thiophene rings is 1. The van der Waals surface area contributed by atoms with Gasteiger partial charge in [-0.2, -0.15) is 18.3 Å². The first-order valence-corrected chi connectivity index (χ1v) is 6.56. The molecular formula is C13H8F3N3S. The summed E-state index contributed by atoms with van der Waals surface area (Å²) in [5.41, 5.74) is -0.146. The van der Waals surface area contributed by atoms with Crippen LogP contribution in [0.25, 0.3) is 22.1 Å². The fourth-order valence-electron chi connectivity index (χ4n) is 1.72. The predicted octanol–water partition coefficient (Wildman–Crippen LogP) is 4.22. The van der Waals surface area contributed by atoms with Crippen LogP contribution in [0.4, 0.5) is 13.2 Å². The van der Waals surface area contributed by atoms with Crippen LogP contribution < -0.4 is 0 Å². The highest BCUT2D eigenvalue weighted by atomic mass is 32.1. The molecule has 0 bridgehead atoms. The fourth-order valence-corrected chi connectivity index (χ4v) is 2.39. The zero-order valence-corrected chi connectivity index (χ0v) is 10.8. The lowest BCUT2D eigenvalue weighted by molar-refractivity contribution is -0.137. The van der Waals surface area contributed by atoms with Gasteiger partial charge in [0, 0.05) is 5.56 Å². The summed E-state index contributed by atoms with van der Waals surface area (Å²) >= 11 is 1.51. The number of hydrogen-bond acceptors (Lipinski definition) is 3. The van der Waals surface area contributed by atoms with Crippen LogP contribution in [0.5, 0.6) is 0 Å². The molecule has 7 heteroatoms. The topological polar surface area (TPSA) is 41.6 Å². The Morgan fingerprint density at radius 3 is 2.40 bits per heavy atom. The van der Waals surface area contributed by atoms with E-state index in [4.69, 9.17) is 0 Å². The average Bonchev–Trinajstić information content (AvgIpc) is 3.09. The molecule has 20 heavy (non-hydrogen) atoms. The van der Waals surface area contributed by atoms with E-state index in [1.165, 1.54) is 23.5 Å². The second-order valence-electron chi connectivity index (χ2n) is 4.06. The maximum atomic E-state index is 12.5. The molecule has 3 rings (SSSR count). The van der Waals surface area contributed by atoms with E-state index in [0.717, 1.165) is 17.0 Å². The molecule has 0 atom stereocenters. The standard InChI is InChI=1S/C13H8F3N3S/c14-13(15,16)9-5-3-8(4-6-9)11-17-12(19-18-11)10-2-1-7-20-10/h1-7H,(H,17,18,19). The van der Waals surface area contributed by atoms with Gasteiger partial charge in [-0.1, -0.05) is 18.2 Å². The number of aromatic amines is 1. The van der Waals surface area contributed by atoms with Gasteiger partial charge in [-0.15, -0.1) is 11.3 Å². The van der Waals surface area contributed by atoms with Gasteiger partial charge in [-0.3, -0.25) is 5.10 Å². The van der Waals surface area contributed by atoms with Crippen LogP contribution in [-0.2, 0) is 6.18 Å². The van der Waals surface area contributed by atoms with Crippen molar-refractivity contribution in [3.05, 3.63) is 47.3 Å². The Balaban J connectivity index is 1.90. The van der Waals surface area contributed by atoms with Gasteiger partial charge in [0.15, 0.2) is 11.6 Å². The number of halogens is 3. The van der Waals surface area contributed by atoms with Crippen LogP contribution in [-0.4, -0.2) is 15.2 Å². The second kappa shape index (κ2) is 4.75. The number of benzene rings is 1. The molecular weight excluding hydrogens is 287 g/mol. The summed E-state index contributed by atoms with van der Waals surface area (Å²) in [4.78, 5) is 5.20. The van der Waals surface area contributed by atoms with Gasteiger partial charge in [-0.25, -0.2) is 4.98 Å². The molecule has 0 radical (unpaired) electrons. The summed E-state index contributed by atoms with van der Waals surface area (Å²) in [7, 11) is 0. The van der Waals surface area contributed by atoms with Gasteiger partial charge >= 0.3 is 6.18 Å². The van der Waals surface area contributed by atoms with E-state index in [1.807, 2.05) is 17.5 Å². The lowest BCUT2D eigenvalue weighted by Gasteiger charge is -2.05. The Kier molecular flexibility index (Phi) is 3.06. The number of rotatable bonds is 2. The van der Waals surface area contributed by atoms with Gasteiger partial charge in [0.05, 0.1) is 10.4 Å². The van der Waals surface area contributed by atoms with Gasteiger partial charge in [-0.05, 0) is 23.6 Å². The van der Waals surface area contributed by atoms with Crippen molar-refractivity contribution in [2.45, 2.75) is 6.18 Å². The molecule has 0 saturated carbocycles. The molecule has 0 amide bonds. The van der Waals surface area contributed by atoms with Crippen molar-refractivity contribution in [2.24, 2.45) is 0 Å². The van der Waals surface area contributed by atoms with Crippen molar-refractivity contribution >= 4 is 11.3 Å². The molecule has 0 aliphatic carbocycles. The summed E-state index contributed by atoms with van der Waals surface area (Å²) in [6.45, 7) is 0. The number of nitrogens with one attached hydrogen (secondary N) is 1. The summed E-state index contributed by atoms with van der Waals surface area (Å²) < 4.78 is 37.4. The lowest BCUT2D eigenvalue weighted by atomic mass is 10.1. The number of aromatic nitrogens is 3. The van der Waals surface area contributed by atoms with E-state index >= 15 is 0 Å². The number of alkyl halides is 3. The molecule has 0 aliphatic rings. The normalized spacial score (nSPS) is 11.8. The maximum Gasteiger partial charge on any atom is 0.416 e. The minimum atomic E-state index is -4.33. The van der Waals surface area contributed by atoms with Crippen LogP contribution >= 0.6 is 11.3 Å². The highest BCUT2D eigenvalue weighted by molar-refractivity contribution is 7.13. The highest BCUT2D eigenvalue weighted by Crippen LogP contribution is 2.30. The van der Waals surface area contributed by atoms with E-state index < -0.39 is 11.7 Å². The number of hydrogen-bond donors (Lipinski definition) is 1. The summed E-state index contributed by atoms with van der Waals surface area (Å²) in [6.07, 6.45) is -4.33. The van der Waals surface area contributed by atoms with Crippen molar-refractivity contribution in [3.8, 4) is 22.1 Å². The van der Waals surface area contributed by atoms with Crippen LogP contribution in [0.3, 0.4) is 0 Å². The molecule has 1 N–H and O–H groups in total. The fraction of sp³-hybridized carbons (Fsp3) is 0.0769. The van der Waals surface area contributed by atoms with Crippen molar-refractivity contribution in [1.82, 2.24) is 15.2 Å². The first-order chi connectivity index (χ1) is 9.54. The number of H-pyrrole nitrogens is 1. The number of nitrogens with zero attached hydrogens (tertiary/aromatic N) is 2. The zero-order chi connectivity index (χ0) is 14.2. The summed E-state index contributed by atoms with van der Waals surface area (Å²) in [5.74, 6) is 0.983. The Bertz CT molecular complexity index is 699. The van der Waals surface area contributed by atoms with Gasteiger partial charge in [0.1, 0.15) is 0 Å². The molecule has 0 fully saturated rings. The van der Waals surface area contributed by atoms with E-state index in [0.29, 0.717) is 17.2 Å². The molecule has 3 nitrogen and oxygen atoms in total. The molecule has 0 spiro atoms. The molecule has 1 aromatic carbocycles. The average molecular weight is 295 g/mol. The van der Waals surface area contributed by atoms with E-state index in [-0.39, 0.29) is 0 Å². The van der Waals surface area contributed by atoms with Crippen molar-refractivity contribution < 1.29 is 13.2 Å². The molecule has 2 aromatic heterocycles. The summed E-state index contributed by atoms with van der Waals surface area (Å²) in [6, 6.07) is 8.56. The largest absolute Gasteiger partial charge is 0.416 e. The predicted molar refractivity (Wildman–Crippen MR) is 70.1 cm³/mol. The molecule has 0 aliphatic heterocycles. The van der Waals surface area contributed by atoms with E-state index in [1.54, 1.807) is 0 Å². The first-order valence-electron chi connectivity index (χ1n) is 5.68. The van der Waals surface area contributed by atoms with Crippen LogP contribution in [0.2, 0.25) is 0 Å². The Labute approximate surface area is 116 Å². The Morgan fingerprint density at radius 1 is 1.05 bits per heavy atom. The third kappa shape index (κ3) is 2.44. The lowest BCUT2D eigenvalue weighted by Crippen LogP contribution is -2.04. The van der Waals surface area contributed by atoms with Crippen molar-refractivity contribution in [3.63, 3.8) is 0 Å². The Hall–Kier alpha value is -2.15. The summed E-state index contributed by atoms with van der Waals surface area (Å²) in [5, 5.41) is 8.71. The molecule has 0 saturated heterocycles. The molecule has 2 heterocycles. The monoisotopic (exact) mass is 295 g/mol. The third-order valence-electron chi connectivity index (χ3n) is 2.71. The zero-order valence-electron chi connectivity index (χ0n) is 9.98. The Morgan fingerprint density at radius 2 is 1.80 bits per heavy atom. The van der Waals surface area contributed by atoms with Crippen LogP contribution in [0.15, 0.2) is 41.8 Å². The molecule has 3 aromatic rings.